The standard InChI is InChI=1S/C15H20N4O2/c1-10-11(2)18-19(15(21)13(10)8-16)9-14(20)17-12-6-4-3-5-7-12/h12H,3-7,9H2,1-2H3,(H,17,20). The average molecular weight is 288 g/mol. The zero-order chi connectivity index (χ0) is 15.4. The third-order valence-corrected chi connectivity index (χ3v) is 4.01. The second-order valence-electron chi connectivity index (χ2n) is 5.56. The molecule has 1 N–H and O–H groups in total. The number of carbonyl (C=O) groups excluding carboxylic acids is 1. The average Bonchev–Trinajstić information content (AvgIpc) is 2.46. The van der Waals surface area contributed by atoms with Crippen molar-refractivity contribution in [1.82, 2.24) is 15.1 Å². The molecule has 0 saturated heterocycles. The highest BCUT2D eigenvalue weighted by Gasteiger charge is 2.18. The van der Waals surface area contributed by atoms with E-state index in [2.05, 4.69) is 10.4 Å². The van der Waals surface area contributed by atoms with Gasteiger partial charge in [-0.2, -0.15) is 10.4 Å². The minimum absolute atomic E-state index is 0.0629. The van der Waals surface area contributed by atoms with Crippen LogP contribution < -0.4 is 10.9 Å². The van der Waals surface area contributed by atoms with Crippen molar-refractivity contribution in [2.45, 2.75) is 58.5 Å². The molecule has 1 aromatic rings. The summed E-state index contributed by atoms with van der Waals surface area (Å²) < 4.78 is 1.08. The van der Waals surface area contributed by atoms with Gasteiger partial charge in [0.15, 0.2) is 0 Å². The predicted molar refractivity (Wildman–Crippen MR) is 77.7 cm³/mol. The van der Waals surface area contributed by atoms with Crippen molar-refractivity contribution in [1.29, 1.82) is 5.26 Å². The topological polar surface area (TPSA) is 87.8 Å². The number of carbonyl (C=O) groups is 1. The fourth-order valence-electron chi connectivity index (χ4n) is 2.67. The number of nitrogens with one attached hydrogen (secondary N) is 1. The molecule has 1 saturated carbocycles. The van der Waals surface area contributed by atoms with Crippen molar-refractivity contribution >= 4 is 5.91 Å². The van der Waals surface area contributed by atoms with Crippen molar-refractivity contribution in [3.05, 3.63) is 27.2 Å². The second kappa shape index (κ2) is 6.53. The number of aromatic nitrogens is 2. The summed E-state index contributed by atoms with van der Waals surface area (Å²) in [6, 6.07) is 2.09. The lowest BCUT2D eigenvalue weighted by Crippen LogP contribution is -2.41. The maximum atomic E-state index is 12.1. The molecule has 0 bridgehead atoms. The molecule has 6 heteroatoms. The van der Waals surface area contributed by atoms with Gasteiger partial charge in [-0.1, -0.05) is 19.3 Å². The molecule has 0 unspecified atom stereocenters. The number of amides is 1. The summed E-state index contributed by atoms with van der Waals surface area (Å²) in [6.07, 6.45) is 5.46. The zero-order valence-corrected chi connectivity index (χ0v) is 12.5. The normalized spacial score (nSPS) is 15.5. The van der Waals surface area contributed by atoms with Crippen LogP contribution >= 0.6 is 0 Å². The van der Waals surface area contributed by atoms with Gasteiger partial charge in [0.1, 0.15) is 18.2 Å². The first-order valence-corrected chi connectivity index (χ1v) is 7.30. The molecule has 1 heterocycles. The Balaban J connectivity index is 2.12. The van der Waals surface area contributed by atoms with Crippen molar-refractivity contribution in [3.63, 3.8) is 0 Å². The fraction of sp³-hybridized carbons (Fsp3) is 0.600. The Hall–Kier alpha value is -2.16. The molecule has 21 heavy (non-hydrogen) atoms. The maximum absolute atomic E-state index is 12.1. The number of hydrogen-bond acceptors (Lipinski definition) is 4. The quantitative estimate of drug-likeness (QED) is 0.904. The van der Waals surface area contributed by atoms with Crippen LogP contribution in [0.15, 0.2) is 4.79 Å². The summed E-state index contributed by atoms with van der Waals surface area (Å²) in [7, 11) is 0. The van der Waals surface area contributed by atoms with Gasteiger partial charge in [0.25, 0.3) is 5.56 Å². The van der Waals surface area contributed by atoms with Crippen LogP contribution in [0.25, 0.3) is 0 Å². The summed E-state index contributed by atoms with van der Waals surface area (Å²) in [4.78, 5) is 24.1. The van der Waals surface area contributed by atoms with Crippen molar-refractivity contribution in [3.8, 4) is 6.07 Å². The third kappa shape index (κ3) is 3.48. The summed E-state index contributed by atoms with van der Waals surface area (Å²) in [5.74, 6) is -0.219. The highest BCUT2D eigenvalue weighted by atomic mass is 16.2. The lowest BCUT2D eigenvalue weighted by Gasteiger charge is -2.22. The van der Waals surface area contributed by atoms with Crippen LogP contribution in [0.4, 0.5) is 0 Å². The predicted octanol–water partition coefficient (Wildman–Crippen LogP) is 1.18. The van der Waals surface area contributed by atoms with E-state index in [0.717, 1.165) is 30.4 Å². The van der Waals surface area contributed by atoms with Crippen LogP contribution in [0.2, 0.25) is 0 Å². The van der Waals surface area contributed by atoms with Crippen LogP contribution in [0, 0.1) is 25.2 Å². The zero-order valence-electron chi connectivity index (χ0n) is 12.5. The van der Waals surface area contributed by atoms with Gasteiger partial charge in [-0.3, -0.25) is 9.59 Å². The van der Waals surface area contributed by atoms with Gasteiger partial charge in [0, 0.05) is 6.04 Å². The van der Waals surface area contributed by atoms with Crippen LogP contribution in [0.3, 0.4) is 0 Å². The highest BCUT2D eigenvalue weighted by Crippen LogP contribution is 2.17. The SMILES string of the molecule is Cc1nn(CC(=O)NC2CCCCC2)c(=O)c(C#N)c1C. The first-order chi connectivity index (χ1) is 10.0. The third-order valence-electron chi connectivity index (χ3n) is 4.01. The molecule has 1 aromatic heterocycles. The van der Waals surface area contributed by atoms with Gasteiger partial charge in [-0.05, 0) is 32.3 Å². The first-order valence-electron chi connectivity index (χ1n) is 7.30. The molecule has 0 aliphatic heterocycles. The van der Waals surface area contributed by atoms with E-state index >= 15 is 0 Å². The van der Waals surface area contributed by atoms with E-state index in [1.807, 2.05) is 6.07 Å². The van der Waals surface area contributed by atoms with Gasteiger partial charge >= 0.3 is 0 Å². The molecule has 1 amide bonds. The Morgan fingerprint density at radius 1 is 1.38 bits per heavy atom. The Morgan fingerprint density at radius 2 is 2.05 bits per heavy atom. The molecule has 112 valence electrons. The molecule has 0 aromatic carbocycles. The van der Waals surface area contributed by atoms with Gasteiger partial charge in [0.05, 0.1) is 5.69 Å². The van der Waals surface area contributed by atoms with Crippen LogP contribution in [0.5, 0.6) is 0 Å². The molecule has 2 rings (SSSR count). The molecule has 0 atom stereocenters. The molecule has 1 aliphatic carbocycles. The monoisotopic (exact) mass is 288 g/mol. The molecule has 1 fully saturated rings. The number of nitrogens with zero attached hydrogens (tertiary/aromatic N) is 3. The van der Waals surface area contributed by atoms with E-state index in [1.54, 1.807) is 13.8 Å². The highest BCUT2D eigenvalue weighted by molar-refractivity contribution is 5.76. The van der Waals surface area contributed by atoms with E-state index in [-0.39, 0.29) is 24.1 Å². The van der Waals surface area contributed by atoms with E-state index in [4.69, 9.17) is 5.26 Å². The summed E-state index contributed by atoms with van der Waals surface area (Å²) in [5, 5.41) is 16.1. The fourth-order valence-corrected chi connectivity index (χ4v) is 2.67. The minimum atomic E-state index is -0.501. The molecule has 1 aliphatic rings. The van der Waals surface area contributed by atoms with Gasteiger partial charge in [-0.25, -0.2) is 4.68 Å². The molecule has 0 spiro atoms. The van der Waals surface area contributed by atoms with Gasteiger partial charge < -0.3 is 5.32 Å². The number of hydrogen-bond donors (Lipinski definition) is 1. The lowest BCUT2D eigenvalue weighted by molar-refractivity contribution is -0.122. The smallest absolute Gasteiger partial charge is 0.285 e. The van der Waals surface area contributed by atoms with Crippen LogP contribution in [0.1, 0.15) is 48.9 Å². The van der Waals surface area contributed by atoms with Gasteiger partial charge in [0.2, 0.25) is 5.91 Å². The van der Waals surface area contributed by atoms with Crippen molar-refractivity contribution in [2.24, 2.45) is 0 Å². The Kier molecular flexibility index (Phi) is 4.73. The Morgan fingerprint density at radius 3 is 2.67 bits per heavy atom. The number of rotatable bonds is 3. The largest absolute Gasteiger partial charge is 0.352 e. The van der Waals surface area contributed by atoms with Crippen LogP contribution in [-0.4, -0.2) is 21.7 Å². The van der Waals surface area contributed by atoms with E-state index in [0.29, 0.717) is 11.3 Å². The lowest BCUT2D eigenvalue weighted by atomic mass is 9.95. The summed E-state index contributed by atoms with van der Waals surface area (Å²) >= 11 is 0. The minimum Gasteiger partial charge on any atom is -0.352 e. The molecule has 6 nitrogen and oxygen atoms in total. The molecular formula is C15H20N4O2. The van der Waals surface area contributed by atoms with E-state index in [9.17, 15) is 9.59 Å². The number of nitriles is 1. The Labute approximate surface area is 123 Å². The molecule has 0 radical (unpaired) electrons. The molecular weight excluding hydrogens is 268 g/mol. The first kappa shape index (κ1) is 15.2. The maximum Gasteiger partial charge on any atom is 0.285 e. The summed E-state index contributed by atoms with van der Waals surface area (Å²) in [5.41, 5.74) is 0.732. The summed E-state index contributed by atoms with van der Waals surface area (Å²) in [6.45, 7) is 3.28. The number of aryl methyl sites for hydroxylation is 1. The Bertz CT molecular complexity index is 636. The van der Waals surface area contributed by atoms with E-state index < -0.39 is 5.56 Å². The second-order valence-corrected chi connectivity index (χ2v) is 5.56. The van der Waals surface area contributed by atoms with E-state index in [1.165, 1.54) is 6.42 Å². The van der Waals surface area contributed by atoms with Gasteiger partial charge in [-0.15, -0.1) is 0 Å². The van der Waals surface area contributed by atoms with Crippen molar-refractivity contribution < 1.29 is 4.79 Å². The van der Waals surface area contributed by atoms with Crippen LogP contribution in [-0.2, 0) is 11.3 Å². The van der Waals surface area contributed by atoms with Crippen molar-refractivity contribution in [2.75, 3.05) is 0 Å².